The normalized spacial score (nSPS) is 18.9. The van der Waals surface area contributed by atoms with Gasteiger partial charge in [0.1, 0.15) is 23.7 Å². The van der Waals surface area contributed by atoms with Crippen molar-refractivity contribution < 1.29 is 44.0 Å². The number of nitrogens with two attached hydrogens (primary N) is 3. The molecule has 2 aromatic rings. The smallest absolute Gasteiger partial charge is 0.352 e. The van der Waals surface area contributed by atoms with E-state index in [2.05, 4.69) is 19.8 Å². The molecule has 20 heteroatoms. The van der Waals surface area contributed by atoms with Crippen LogP contribution in [-0.4, -0.2) is 93.1 Å². The van der Waals surface area contributed by atoms with E-state index in [1.165, 1.54) is 25.6 Å². The topological polar surface area (TPSA) is 278 Å². The van der Waals surface area contributed by atoms with Gasteiger partial charge in [-0.2, -0.15) is 9.36 Å². The van der Waals surface area contributed by atoms with Crippen molar-refractivity contribution in [1.82, 2.24) is 24.3 Å². The minimum atomic E-state index is -1.81. The predicted molar refractivity (Wildman–Crippen MR) is 147 cm³/mol. The summed E-state index contributed by atoms with van der Waals surface area (Å²) in [7, 11) is 0. The van der Waals surface area contributed by atoms with Crippen molar-refractivity contribution in [3.05, 3.63) is 28.9 Å². The van der Waals surface area contributed by atoms with Crippen LogP contribution in [0.2, 0.25) is 0 Å². The molecule has 0 unspecified atom stereocenters. The number of rotatable bonds is 12. The maximum Gasteiger partial charge on any atom is 0.352 e. The van der Waals surface area contributed by atoms with Gasteiger partial charge in [-0.25, -0.2) is 9.59 Å². The minimum absolute atomic E-state index is 0.00355. The Bertz CT molecular complexity index is 1500. The fourth-order valence-corrected chi connectivity index (χ4v) is 5.95. The second-order valence-corrected chi connectivity index (χ2v) is 11.5. The Kier molecular flexibility index (Phi) is 8.71. The molecule has 0 aromatic carbocycles. The molecule has 1 fully saturated rings. The molecular formula is C22H29N10O8S2+. The number of β-lactam (4-membered cyclic amide) rings is 1. The summed E-state index contributed by atoms with van der Waals surface area (Å²) in [4.78, 5) is 60.2. The third-order valence-corrected chi connectivity index (χ3v) is 8.27. The van der Waals surface area contributed by atoms with Crippen molar-refractivity contribution >= 4 is 63.7 Å². The van der Waals surface area contributed by atoms with E-state index < -0.39 is 46.5 Å². The van der Waals surface area contributed by atoms with Gasteiger partial charge in [0.15, 0.2) is 17.5 Å². The lowest BCUT2D eigenvalue weighted by molar-refractivity contribution is -0.767. The van der Waals surface area contributed by atoms with Crippen molar-refractivity contribution in [2.24, 2.45) is 10.9 Å². The molecule has 0 spiro atoms. The highest BCUT2D eigenvalue weighted by Gasteiger charge is 2.55. The molecule has 10 N–H and O–H groups in total. The highest BCUT2D eigenvalue weighted by molar-refractivity contribution is 8.00. The minimum Gasteiger partial charge on any atom is -0.478 e. The molecule has 0 saturated carbocycles. The largest absolute Gasteiger partial charge is 0.478 e. The number of aliphatic hydroxyl groups is 1. The van der Waals surface area contributed by atoms with Gasteiger partial charge in [0.25, 0.3) is 11.8 Å². The van der Waals surface area contributed by atoms with Crippen LogP contribution in [0, 0.1) is 0 Å². The van der Waals surface area contributed by atoms with Crippen LogP contribution < -0.4 is 27.2 Å². The summed E-state index contributed by atoms with van der Waals surface area (Å²) in [5.41, 5.74) is 15.9. The lowest BCUT2D eigenvalue weighted by atomic mass is 10.0. The van der Waals surface area contributed by atoms with Crippen LogP contribution in [0.1, 0.15) is 25.2 Å². The zero-order valence-electron chi connectivity index (χ0n) is 22.4. The third kappa shape index (κ3) is 5.73. The number of carbonyl (C=O) groups excluding carboxylic acids is 2. The van der Waals surface area contributed by atoms with Gasteiger partial charge in [0.05, 0.1) is 12.2 Å². The number of aliphatic hydroxyl groups excluding tert-OH is 1. The van der Waals surface area contributed by atoms with E-state index in [1.54, 1.807) is 15.6 Å². The molecule has 2 atom stereocenters. The number of hydrogen-bond donors (Lipinski definition) is 7. The first-order chi connectivity index (χ1) is 19.8. The molecular weight excluding hydrogens is 596 g/mol. The fraction of sp³-hybridized carbons (Fsp3) is 0.455. The lowest BCUT2D eigenvalue weighted by Crippen LogP contribution is -2.71. The summed E-state index contributed by atoms with van der Waals surface area (Å²) in [6, 6.07) is -1.14. The Balaban J connectivity index is 1.58. The first kappa shape index (κ1) is 30.7. The highest BCUT2D eigenvalue weighted by Crippen LogP contribution is 2.40. The molecule has 2 amide bonds. The molecule has 226 valence electrons. The van der Waals surface area contributed by atoms with Gasteiger partial charge in [-0.05, 0) is 13.8 Å². The third-order valence-electron chi connectivity index (χ3n) is 6.39. The monoisotopic (exact) mass is 625 g/mol. The molecule has 0 aliphatic carbocycles. The number of nitrogens with zero attached hydrogens (tertiary/aromatic N) is 6. The van der Waals surface area contributed by atoms with E-state index in [1.807, 2.05) is 0 Å². The van der Waals surface area contributed by atoms with Gasteiger partial charge in [-0.3, -0.25) is 14.5 Å². The number of carbonyl (C=O) groups is 4. The van der Waals surface area contributed by atoms with Crippen LogP contribution in [0.15, 0.2) is 22.6 Å². The number of nitrogen functional groups attached to an aromatic ring is 2. The summed E-state index contributed by atoms with van der Waals surface area (Å²) < 4.78 is 7.12. The number of aliphatic carboxylic acids is 2. The molecule has 4 rings (SSSR count). The molecule has 18 nitrogen and oxygen atoms in total. The Hall–Kier alpha value is -4.27. The van der Waals surface area contributed by atoms with Crippen LogP contribution in [0.25, 0.3) is 0 Å². The zero-order chi connectivity index (χ0) is 30.9. The highest BCUT2D eigenvalue weighted by atomic mass is 32.2. The fourth-order valence-electron chi connectivity index (χ4n) is 4.18. The number of carboxylic acid groups (broad SMARTS) is 2. The first-order valence-corrected chi connectivity index (χ1v) is 14.1. The Morgan fingerprint density at radius 1 is 1.31 bits per heavy atom. The van der Waals surface area contributed by atoms with Gasteiger partial charge in [-0.15, -0.1) is 21.1 Å². The number of anilines is 2. The number of amides is 2. The van der Waals surface area contributed by atoms with Gasteiger partial charge >= 0.3 is 11.9 Å². The summed E-state index contributed by atoms with van der Waals surface area (Å²) in [5.74, 6) is -4.06. The summed E-state index contributed by atoms with van der Waals surface area (Å²) in [6.45, 7) is 2.53. The van der Waals surface area contributed by atoms with Gasteiger partial charge in [0.2, 0.25) is 23.3 Å². The molecule has 2 aliphatic heterocycles. The van der Waals surface area contributed by atoms with Crippen molar-refractivity contribution in [3.63, 3.8) is 0 Å². The number of thioether (sulfide) groups is 1. The quantitative estimate of drug-likeness (QED) is 0.0546. The predicted octanol–water partition coefficient (Wildman–Crippen LogP) is -2.73. The SMILES string of the molecule is CC(C)(O/N=C(/C(=O)N[C@@H]1C(=O)N2C(C(=O)O)=C(C[n+]3cc(CN)c(N)n3CCO)CS[C@H]12)c1nsc(N)n1)C(=O)O. The van der Waals surface area contributed by atoms with Crippen LogP contribution in [0.5, 0.6) is 0 Å². The Morgan fingerprint density at radius 3 is 2.60 bits per heavy atom. The summed E-state index contributed by atoms with van der Waals surface area (Å²) >= 11 is 1.99. The van der Waals surface area contributed by atoms with E-state index in [4.69, 9.17) is 22.0 Å². The van der Waals surface area contributed by atoms with Crippen molar-refractivity contribution in [2.45, 2.75) is 50.5 Å². The van der Waals surface area contributed by atoms with E-state index >= 15 is 0 Å². The second-order valence-electron chi connectivity index (χ2n) is 9.61. The molecule has 0 radical (unpaired) electrons. The number of aromatic nitrogens is 4. The maximum absolute atomic E-state index is 13.2. The van der Waals surface area contributed by atoms with E-state index in [-0.39, 0.29) is 48.6 Å². The number of hydrogen-bond acceptors (Lipinski definition) is 14. The summed E-state index contributed by atoms with van der Waals surface area (Å²) in [5, 5.41) is 34.2. The number of carboxylic acids is 2. The van der Waals surface area contributed by atoms with Crippen LogP contribution in [-0.2, 0) is 43.7 Å². The molecule has 2 aromatic heterocycles. The average molecular weight is 626 g/mol. The molecule has 42 heavy (non-hydrogen) atoms. The number of nitrogens with one attached hydrogen (secondary N) is 1. The first-order valence-electron chi connectivity index (χ1n) is 12.3. The van der Waals surface area contributed by atoms with Crippen LogP contribution in [0.4, 0.5) is 10.9 Å². The Morgan fingerprint density at radius 2 is 2.02 bits per heavy atom. The van der Waals surface area contributed by atoms with Crippen LogP contribution in [0.3, 0.4) is 0 Å². The average Bonchev–Trinajstić information content (AvgIpc) is 3.49. The van der Waals surface area contributed by atoms with Gasteiger partial charge in [-0.1, -0.05) is 5.16 Å². The molecule has 2 aliphatic rings. The molecule has 4 heterocycles. The van der Waals surface area contributed by atoms with Crippen LogP contribution >= 0.6 is 23.3 Å². The molecule has 0 bridgehead atoms. The van der Waals surface area contributed by atoms with E-state index in [9.17, 15) is 34.5 Å². The van der Waals surface area contributed by atoms with Gasteiger partial charge in [0, 0.05) is 29.4 Å². The van der Waals surface area contributed by atoms with Crippen molar-refractivity contribution in [1.29, 1.82) is 0 Å². The molecule has 1 saturated heterocycles. The second kappa shape index (κ2) is 11.9. The van der Waals surface area contributed by atoms with Gasteiger partial charge < -0.3 is 42.7 Å². The number of fused-ring (bicyclic) bond motifs is 1. The Labute approximate surface area is 245 Å². The zero-order valence-corrected chi connectivity index (χ0v) is 24.0. The lowest BCUT2D eigenvalue weighted by Gasteiger charge is -2.49. The number of oxime groups is 1. The summed E-state index contributed by atoms with van der Waals surface area (Å²) in [6.07, 6.45) is 1.66. The van der Waals surface area contributed by atoms with E-state index in [0.29, 0.717) is 17.0 Å². The standard InChI is InChI=1S/C22H28N10O8S2/c1-22(2,20(38)39)40-28-11(15-27-21(25)42-29-15)16(34)26-12-17(35)32-13(19(36)37)10(8-41-18(12)32)7-30-6-9(5-23)14(24)31(30)3-4-33/h6,12,18,24,33H,3-5,7-8,23H2,1-2H3,(H5,25,26,27,29,34,36,37,38,39)/p+1/b28-11+/t12-,18-/m1/s1. The van der Waals surface area contributed by atoms with Crippen molar-refractivity contribution in [3.8, 4) is 0 Å². The van der Waals surface area contributed by atoms with Crippen molar-refractivity contribution in [2.75, 3.05) is 23.8 Å². The maximum atomic E-state index is 13.2. The van der Waals surface area contributed by atoms with E-state index in [0.717, 1.165) is 16.4 Å².